The number of aromatic nitrogens is 3. The second-order valence-corrected chi connectivity index (χ2v) is 5.57. The van der Waals surface area contributed by atoms with Crippen molar-refractivity contribution >= 4 is 17.9 Å². The molecule has 0 atom stereocenters. The first-order valence-corrected chi connectivity index (χ1v) is 7.22. The van der Waals surface area contributed by atoms with Crippen LogP contribution in [0, 0.1) is 13.8 Å². The van der Waals surface area contributed by atoms with Crippen LogP contribution in [-0.2, 0) is 0 Å². The van der Waals surface area contributed by atoms with Crippen LogP contribution < -0.4 is 0 Å². The maximum Gasteiger partial charge on any atom is 0.172 e. The predicted octanol–water partition coefficient (Wildman–Crippen LogP) is 4.02. The molecule has 0 bridgehead atoms. The summed E-state index contributed by atoms with van der Waals surface area (Å²) in [6.45, 7) is 4.08. The fraction of sp³-hybridized carbons (Fsp3) is 0.118. The van der Waals surface area contributed by atoms with E-state index in [1.807, 2.05) is 44.2 Å². The summed E-state index contributed by atoms with van der Waals surface area (Å²) in [5, 5.41) is 8.68. The molecule has 1 aromatic heterocycles. The Kier molecular flexibility index (Phi) is 3.77. The van der Waals surface area contributed by atoms with Gasteiger partial charge in [-0.25, -0.2) is 4.68 Å². The summed E-state index contributed by atoms with van der Waals surface area (Å²) in [5.41, 5.74) is 4.98. The van der Waals surface area contributed by atoms with E-state index in [1.54, 1.807) is 16.8 Å². The number of aryl methyl sites for hydroxylation is 2. The van der Waals surface area contributed by atoms with E-state index in [1.165, 1.54) is 5.56 Å². The maximum absolute atomic E-state index is 11.3. The molecular formula is C17H14ClN3O. The van der Waals surface area contributed by atoms with Crippen LogP contribution >= 0.6 is 11.6 Å². The number of carbonyl (C=O) groups is 1. The molecule has 0 spiro atoms. The summed E-state index contributed by atoms with van der Waals surface area (Å²) in [4.78, 5) is 11.3. The fourth-order valence-electron chi connectivity index (χ4n) is 2.32. The van der Waals surface area contributed by atoms with Crippen LogP contribution in [-0.4, -0.2) is 21.3 Å². The standard InChI is InChI=1S/C17H14ClN3O/c1-11-6-7-13(8-12(11)2)17-16(10-22)19-20-21(17)15-5-3-4-14(18)9-15/h3-10H,1-2H3. The van der Waals surface area contributed by atoms with Crippen molar-refractivity contribution < 1.29 is 4.79 Å². The summed E-state index contributed by atoms with van der Waals surface area (Å²) >= 11 is 6.05. The lowest BCUT2D eigenvalue weighted by molar-refractivity contribution is 0.111. The van der Waals surface area contributed by atoms with Crippen molar-refractivity contribution in [3.05, 3.63) is 64.3 Å². The number of nitrogens with zero attached hydrogens (tertiary/aromatic N) is 3. The minimum absolute atomic E-state index is 0.309. The maximum atomic E-state index is 11.3. The van der Waals surface area contributed by atoms with Crippen molar-refractivity contribution in [3.8, 4) is 16.9 Å². The molecule has 0 unspecified atom stereocenters. The lowest BCUT2D eigenvalue weighted by Gasteiger charge is -2.09. The molecule has 0 saturated heterocycles. The Morgan fingerprint density at radius 3 is 2.59 bits per heavy atom. The smallest absolute Gasteiger partial charge is 0.172 e. The van der Waals surface area contributed by atoms with E-state index in [0.717, 1.165) is 23.1 Å². The monoisotopic (exact) mass is 311 g/mol. The fourth-order valence-corrected chi connectivity index (χ4v) is 2.50. The van der Waals surface area contributed by atoms with Crippen molar-refractivity contribution in [2.24, 2.45) is 0 Å². The molecule has 22 heavy (non-hydrogen) atoms. The number of aldehydes is 1. The van der Waals surface area contributed by atoms with Crippen molar-refractivity contribution in [2.75, 3.05) is 0 Å². The van der Waals surface area contributed by atoms with Crippen LogP contribution in [0.5, 0.6) is 0 Å². The van der Waals surface area contributed by atoms with Crippen LogP contribution in [0.4, 0.5) is 0 Å². The van der Waals surface area contributed by atoms with Crippen molar-refractivity contribution in [1.29, 1.82) is 0 Å². The van der Waals surface area contributed by atoms with Gasteiger partial charge in [-0.3, -0.25) is 4.79 Å². The topological polar surface area (TPSA) is 47.8 Å². The quantitative estimate of drug-likeness (QED) is 0.686. The normalized spacial score (nSPS) is 10.7. The van der Waals surface area contributed by atoms with Crippen molar-refractivity contribution in [2.45, 2.75) is 13.8 Å². The van der Waals surface area contributed by atoms with E-state index < -0.39 is 0 Å². The summed E-state index contributed by atoms with van der Waals surface area (Å²) in [5.74, 6) is 0. The molecule has 0 radical (unpaired) electrons. The van der Waals surface area contributed by atoms with Gasteiger partial charge in [0.05, 0.1) is 5.69 Å². The van der Waals surface area contributed by atoms with Gasteiger partial charge in [0.1, 0.15) is 5.69 Å². The van der Waals surface area contributed by atoms with Gasteiger partial charge in [-0.05, 0) is 49.2 Å². The highest BCUT2D eigenvalue weighted by Gasteiger charge is 2.16. The molecule has 3 rings (SSSR count). The van der Waals surface area contributed by atoms with Crippen LogP contribution in [0.1, 0.15) is 21.6 Å². The Morgan fingerprint density at radius 2 is 1.91 bits per heavy atom. The number of hydrogen-bond acceptors (Lipinski definition) is 3. The summed E-state index contributed by atoms with van der Waals surface area (Å²) in [7, 11) is 0. The van der Waals surface area contributed by atoms with Gasteiger partial charge in [0.2, 0.25) is 0 Å². The molecule has 2 aromatic carbocycles. The van der Waals surface area contributed by atoms with E-state index in [0.29, 0.717) is 16.4 Å². The molecule has 0 fully saturated rings. The molecule has 3 aromatic rings. The van der Waals surface area contributed by atoms with E-state index in [-0.39, 0.29) is 0 Å². The molecule has 4 nitrogen and oxygen atoms in total. The zero-order valence-electron chi connectivity index (χ0n) is 12.2. The molecule has 0 aliphatic heterocycles. The lowest BCUT2D eigenvalue weighted by atomic mass is 10.0. The minimum atomic E-state index is 0.309. The Hall–Kier alpha value is -2.46. The first-order valence-electron chi connectivity index (χ1n) is 6.84. The molecule has 5 heteroatoms. The van der Waals surface area contributed by atoms with Gasteiger partial charge < -0.3 is 0 Å². The largest absolute Gasteiger partial charge is 0.296 e. The number of halogens is 1. The molecule has 0 N–H and O–H groups in total. The van der Waals surface area contributed by atoms with Gasteiger partial charge in [0.15, 0.2) is 12.0 Å². The highest BCUT2D eigenvalue weighted by molar-refractivity contribution is 6.30. The first kappa shape index (κ1) is 14.5. The summed E-state index contributed by atoms with van der Waals surface area (Å²) in [6, 6.07) is 13.3. The van der Waals surface area contributed by atoms with Crippen LogP contribution in [0.2, 0.25) is 5.02 Å². The number of carbonyl (C=O) groups excluding carboxylic acids is 1. The number of hydrogen-bond donors (Lipinski definition) is 0. The van der Waals surface area contributed by atoms with E-state index in [2.05, 4.69) is 10.3 Å². The molecule has 0 aliphatic rings. The SMILES string of the molecule is Cc1ccc(-c2c(C=O)nnn2-c2cccc(Cl)c2)cc1C. The zero-order chi connectivity index (χ0) is 15.7. The molecule has 0 aliphatic carbocycles. The minimum Gasteiger partial charge on any atom is -0.296 e. The van der Waals surface area contributed by atoms with Crippen LogP contribution in [0.25, 0.3) is 16.9 Å². The van der Waals surface area contributed by atoms with Crippen molar-refractivity contribution in [3.63, 3.8) is 0 Å². The van der Waals surface area contributed by atoms with E-state index in [9.17, 15) is 4.79 Å². The summed E-state index contributed by atoms with van der Waals surface area (Å²) < 4.78 is 1.64. The molecule has 0 amide bonds. The van der Waals surface area contributed by atoms with Gasteiger partial charge in [0, 0.05) is 10.6 Å². The van der Waals surface area contributed by atoms with E-state index in [4.69, 9.17) is 11.6 Å². The lowest BCUT2D eigenvalue weighted by Crippen LogP contribution is -2.00. The Morgan fingerprint density at radius 1 is 1.09 bits per heavy atom. The van der Waals surface area contributed by atoms with Gasteiger partial charge in [-0.1, -0.05) is 35.0 Å². The van der Waals surface area contributed by atoms with Gasteiger partial charge in [-0.2, -0.15) is 0 Å². The molecule has 110 valence electrons. The van der Waals surface area contributed by atoms with Gasteiger partial charge in [0.25, 0.3) is 0 Å². The van der Waals surface area contributed by atoms with Crippen LogP contribution in [0.15, 0.2) is 42.5 Å². The molecular weight excluding hydrogens is 298 g/mol. The molecule has 1 heterocycles. The Balaban J connectivity index is 2.23. The highest BCUT2D eigenvalue weighted by atomic mass is 35.5. The van der Waals surface area contributed by atoms with Gasteiger partial charge >= 0.3 is 0 Å². The summed E-state index contributed by atoms with van der Waals surface area (Å²) in [6.07, 6.45) is 0.721. The van der Waals surface area contributed by atoms with Gasteiger partial charge in [-0.15, -0.1) is 5.10 Å². The van der Waals surface area contributed by atoms with Crippen LogP contribution in [0.3, 0.4) is 0 Å². The average Bonchev–Trinajstić information content (AvgIpc) is 2.94. The highest BCUT2D eigenvalue weighted by Crippen LogP contribution is 2.27. The third-order valence-corrected chi connectivity index (χ3v) is 3.88. The predicted molar refractivity (Wildman–Crippen MR) is 86.7 cm³/mol. The third-order valence-electron chi connectivity index (χ3n) is 3.64. The van der Waals surface area contributed by atoms with E-state index >= 15 is 0 Å². The zero-order valence-corrected chi connectivity index (χ0v) is 13.0. The number of benzene rings is 2. The number of rotatable bonds is 3. The Labute approximate surface area is 133 Å². The second-order valence-electron chi connectivity index (χ2n) is 5.13. The second kappa shape index (κ2) is 5.73. The molecule has 0 saturated carbocycles. The Bertz CT molecular complexity index is 855. The average molecular weight is 312 g/mol. The third kappa shape index (κ3) is 2.53. The first-order chi connectivity index (χ1) is 10.6. The van der Waals surface area contributed by atoms with Crippen molar-refractivity contribution in [1.82, 2.24) is 15.0 Å².